The Balaban J connectivity index is 2.50. The molecule has 0 unspecified atom stereocenters. The van der Waals surface area contributed by atoms with Gasteiger partial charge in [0.05, 0.1) is 24.7 Å². The summed E-state index contributed by atoms with van der Waals surface area (Å²) in [6.07, 6.45) is 0. The third-order valence-corrected chi connectivity index (χ3v) is 3.54. The first kappa shape index (κ1) is 17.3. The fourth-order valence-corrected chi connectivity index (χ4v) is 2.44. The van der Waals surface area contributed by atoms with E-state index in [0.717, 1.165) is 5.56 Å². The maximum Gasteiger partial charge on any atom is 0.338 e. The number of nitro groups is 1. The lowest BCUT2D eigenvalue weighted by Gasteiger charge is -2.22. The molecular weight excluding hydrogens is 312 g/mol. The van der Waals surface area contributed by atoms with E-state index in [9.17, 15) is 14.9 Å². The van der Waals surface area contributed by atoms with Gasteiger partial charge in [0.15, 0.2) is 5.69 Å². The molecule has 0 aromatic heterocycles. The first-order valence-electron chi connectivity index (χ1n) is 7.17. The lowest BCUT2D eigenvalue weighted by molar-refractivity contribution is -0.384. The van der Waals surface area contributed by atoms with Gasteiger partial charge in [-0.2, -0.15) is 0 Å². The van der Waals surface area contributed by atoms with Crippen molar-refractivity contribution in [1.29, 1.82) is 0 Å². The fraction of sp³-hybridized carbons (Fsp3) is 0.235. The number of rotatable bonds is 6. The molecule has 0 bridgehead atoms. The number of nitrogens with zero attached hydrogens (tertiary/aromatic N) is 2. The Morgan fingerprint density at radius 3 is 2.42 bits per heavy atom. The van der Waals surface area contributed by atoms with Gasteiger partial charge in [0.2, 0.25) is 0 Å². The van der Waals surface area contributed by atoms with E-state index >= 15 is 0 Å². The van der Waals surface area contributed by atoms with Crippen LogP contribution < -0.4 is 9.64 Å². The summed E-state index contributed by atoms with van der Waals surface area (Å²) in [6, 6.07) is 12.2. The number of hydrogen-bond acceptors (Lipinski definition) is 6. The van der Waals surface area contributed by atoms with Gasteiger partial charge in [-0.25, -0.2) is 4.79 Å². The Kier molecular flexibility index (Phi) is 5.36. The number of esters is 1. The van der Waals surface area contributed by atoms with Crippen LogP contribution in [0.3, 0.4) is 0 Å². The molecule has 0 saturated carbocycles. The summed E-state index contributed by atoms with van der Waals surface area (Å²) in [5, 5.41) is 11.5. The van der Waals surface area contributed by atoms with Crippen molar-refractivity contribution in [3.05, 3.63) is 63.7 Å². The lowest BCUT2D eigenvalue weighted by atomic mass is 10.1. The van der Waals surface area contributed by atoms with Gasteiger partial charge in [-0.3, -0.25) is 10.1 Å². The van der Waals surface area contributed by atoms with Gasteiger partial charge in [0.25, 0.3) is 5.69 Å². The molecule has 7 nitrogen and oxygen atoms in total. The molecule has 0 spiro atoms. The standard InChI is InChI=1S/C17H18N2O5/c1-18(11-12-7-5-4-6-8-12)16-14(19(21)22)9-13(17(20)24-3)10-15(16)23-2/h4-10H,11H2,1-3H3. The molecule has 126 valence electrons. The molecule has 24 heavy (non-hydrogen) atoms. The average Bonchev–Trinajstić information content (AvgIpc) is 2.60. The van der Waals surface area contributed by atoms with Crippen molar-refractivity contribution in [2.75, 3.05) is 26.2 Å². The van der Waals surface area contributed by atoms with Gasteiger partial charge < -0.3 is 14.4 Å². The lowest BCUT2D eigenvalue weighted by Crippen LogP contribution is -2.19. The highest BCUT2D eigenvalue weighted by Gasteiger charge is 2.26. The van der Waals surface area contributed by atoms with Gasteiger partial charge in [0, 0.05) is 19.7 Å². The SMILES string of the molecule is COC(=O)c1cc(OC)c(N(C)Cc2ccccc2)c([N+](=O)[O-])c1. The largest absolute Gasteiger partial charge is 0.494 e. The van der Waals surface area contributed by atoms with Crippen molar-refractivity contribution >= 4 is 17.3 Å². The zero-order chi connectivity index (χ0) is 17.7. The number of anilines is 1. The second kappa shape index (κ2) is 7.45. The van der Waals surface area contributed by atoms with E-state index in [1.165, 1.54) is 26.4 Å². The molecule has 0 saturated heterocycles. The van der Waals surface area contributed by atoms with E-state index in [0.29, 0.717) is 12.2 Å². The third-order valence-electron chi connectivity index (χ3n) is 3.54. The maximum atomic E-state index is 11.7. The Labute approximate surface area is 139 Å². The highest BCUT2D eigenvalue weighted by atomic mass is 16.6. The topological polar surface area (TPSA) is 81.9 Å². The Hall–Kier alpha value is -3.09. The zero-order valence-corrected chi connectivity index (χ0v) is 13.7. The molecule has 0 N–H and O–H groups in total. The molecule has 0 atom stereocenters. The second-order valence-electron chi connectivity index (χ2n) is 5.14. The summed E-state index contributed by atoms with van der Waals surface area (Å²) >= 11 is 0. The summed E-state index contributed by atoms with van der Waals surface area (Å²) in [6.45, 7) is 0.454. The van der Waals surface area contributed by atoms with Crippen molar-refractivity contribution in [1.82, 2.24) is 0 Å². The molecule has 0 heterocycles. The van der Waals surface area contributed by atoms with Gasteiger partial charge in [-0.05, 0) is 11.6 Å². The molecule has 7 heteroatoms. The van der Waals surface area contributed by atoms with Crippen LogP contribution in [0.4, 0.5) is 11.4 Å². The fourth-order valence-electron chi connectivity index (χ4n) is 2.44. The summed E-state index contributed by atoms with van der Waals surface area (Å²) in [4.78, 5) is 24.4. The Morgan fingerprint density at radius 1 is 1.21 bits per heavy atom. The first-order valence-corrected chi connectivity index (χ1v) is 7.17. The molecule has 0 fully saturated rings. The summed E-state index contributed by atoms with van der Waals surface area (Å²) < 4.78 is 9.91. The smallest absolute Gasteiger partial charge is 0.338 e. The summed E-state index contributed by atoms with van der Waals surface area (Å²) in [5.74, 6) is -0.420. The molecule has 2 rings (SSSR count). The van der Waals surface area contributed by atoms with E-state index in [1.807, 2.05) is 30.3 Å². The molecule has 0 radical (unpaired) electrons. The van der Waals surface area contributed by atoms with E-state index in [-0.39, 0.29) is 17.0 Å². The molecule has 0 aliphatic carbocycles. The van der Waals surface area contributed by atoms with E-state index in [1.54, 1.807) is 11.9 Å². The summed E-state index contributed by atoms with van der Waals surface area (Å²) in [7, 11) is 4.35. The molecule has 0 amide bonds. The minimum Gasteiger partial charge on any atom is -0.494 e. The first-order chi connectivity index (χ1) is 11.5. The number of methoxy groups -OCH3 is 2. The average molecular weight is 330 g/mol. The van der Waals surface area contributed by atoms with Crippen LogP contribution in [0.2, 0.25) is 0 Å². The zero-order valence-electron chi connectivity index (χ0n) is 13.7. The molecule has 0 aliphatic rings. The van der Waals surface area contributed by atoms with Crippen LogP contribution in [0.1, 0.15) is 15.9 Å². The number of carbonyl (C=O) groups is 1. The van der Waals surface area contributed by atoms with Crippen LogP contribution >= 0.6 is 0 Å². The van der Waals surface area contributed by atoms with Crippen LogP contribution in [0.25, 0.3) is 0 Å². The van der Waals surface area contributed by atoms with Gasteiger partial charge in [0.1, 0.15) is 5.75 Å². The Bertz CT molecular complexity index is 746. The Morgan fingerprint density at radius 2 is 1.88 bits per heavy atom. The molecule has 2 aromatic rings. The van der Waals surface area contributed by atoms with Crippen LogP contribution in [-0.2, 0) is 11.3 Å². The monoisotopic (exact) mass is 330 g/mol. The number of ether oxygens (including phenoxy) is 2. The number of nitro benzene ring substituents is 1. The molecule has 0 aliphatic heterocycles. The van der Waals surface area contributed by atoms with Gasteiger partial charge in [-0.15, -0.1) is 0 Å². The maximum absolute atomic E-state index is 11.7. The minimum absolute atomic E-state index is 0.0675. The van der Waals surface area contributed by atoms with Crippen molar-refractivity contribution in [3.63, 3.8) is 0 Å². The molecule has 2 aromatic carbocycles. The number of benzene rings is 2. The van der Waals surface area contributed by atoms with E-state index in [2.05, 4.69) is 4.74 Å². The predicted octanol–water partition coefficient (Wildman–Crippen LogP) is 3.03. The van der Waals surface area contributed by atoms with Crippen LogP contribution in [0.5, 0.6) is 5.75 Å². The van der Waals surface area contributed by atoms with Gasteiger partial charge in [-0.1, -0.05) is 30.3 Å². The number of hydrogen-bond donors (Lipinski definition) is 0. The van der Waals surface area contributed by atoms with E-state index in [4.69, 9.17) is 4.74 Å². The second-order valence-corrected chi connectivity index (χ2v) is 5.14. The van der Waals surface area contributed by atoms with Crippen molar-refractivity contribution in [2.24, 2.45) is 0 Å². The van der Waals surface area contributed by atoms with Crippen LogP contribution in [0.15, 0.2) is 42.5 Å². The third kappa shape index (κ3) is 3.62. The van der Waals surface area contributed by atoms with E-state index < -0.39 is 10.9 Å². The summed E-state index contributed by atoms with van der Waals surface area (Å²) in [5.41, 5.74) is 1.15. The van der Waals surface area contributed by atoms with Crippen molar-refractivity contribution in [3.8, 4) is 5.75 Å². The number of carbonyl (C=O) groups excluding carboxylic acids is 1. The molecular formula is C17H18N2O5. The quantitative estimate of drug-likeness (QED) is 0.460. The van der Waals surface area contributed by atoms with Crippen molar-refractivity contribution < 1.29 is 19.2 Å². The predicted molar refractivity (Wildman–Crippen MR) is 89.5 cm³/mol. The van der Waals surface area contributed by atoms with Gasteiger partial charge >= 0.3 is 5.97 Å². The highest BCUT2D eigenvalue weighted by molar-refractivity contribution is 5.93. The minimum atomic E-state index is -0.659. The van der Waals surface area contributed by atoms with Crippen LogP contribution in [-0.4, -0.2) is 32.2 Å². The van der Waals surface area contributed by atoms with Crippen LogP contribution in [0, 0.1) is 10.1 Å². The normalized spacial score (nSPS) is 10.1. The highest BCUT2D eigenvalue weighted by Crippen LogP contribution is 2.39. The van der Waals surface area contributed by atoms with Crippen molar-refractivity contribution in [2.45, 2.75) is 6.54 Å².